The fourth-order valence-corrected chi connectivity index (χ4v) is 8.13. The largest absolute Gasteiger partial charge is 1.00 e. The first kappa shape index (κ1) is 28.8. The Kier molecular flexibility index (Phi) is 6.98. The van der Waals surface area contributed by atoms with E-state index < -0.39 is 25.6 Å². The molecule has 4 heterocycles. The van der Waals surface area contributed by atoms with Crippen molar-refractivity contribution >= 4 is 36.1 Å². The Morgan fingerprint density at radius 2 is 1.92 bits per heavy atom. The Balaban J connectivity index is 0.00000353. The van der Waals surface area contributed by atoms with E-state index in [1.807, 2.05) is 0 Å². The highest BCUT2D eigenvalue weighted by Gasteiger charge is 2.51. The van der Waals surface area contributed by atoms with E-state index in [-0.39, 0.29) is 48.3 Å². The zero-order valence-corrected chi connectivity index (χ0v) is 24.9. The first-order valence-corrected chi connectivity index (χ1v) is 15.9. The lowest BCUT2D eigenvalue weighted by Gasteiger charge is -2.39. The fourth-order valence-electron chi connectivity index (χ4n) is 5.56. The van der Waals surface area contributed by atoms with Gasteiger partial charge in [0, 0.05) is 10.9 Å². The number of pyridine rings is 2. The molecule has 5 rings (SSSR count). The minimum absolute atomic E-state index is 0. The van der Waals surface area contributed by atoms with E-state index in [1.54, 1.807) is 35.8 Å². The van der Waals surface area contributed by atoms with E-state index in [9.17, 15) is 19.5 Å². The van der Waals surface area contributed by atoms with Crippen LogP contribution in [-0.2, 0) is 37.8 Å². The number of benzene rings is 1. The lowest BCUT2D eigenvalue weighted by molar-refractivity contribution is -0.361. The third-order valence-electron chi connectivity index (χ3n) is 8.63. The normalized spacial score (nSPS) is 18.1. The highest BCUT2D eigenvalue weighted by Crippen LogP contribution is 2.43. The fraction of sp³-hybridized carbons (Fsp3) is 0.429. The van der Waals surface area contributed by atoms with E-state index in [1.165, 1.54) is 0 Å². The van der Waals surface area contributed by atoms with E-state index >= 15 is 0 Å². The van der Waals surface area contributed by atoms with Crippen LogP contribution in [0.2, 0.25) is 18.1 Å². The number of nitrogens with zero attached hydrogens (tertiary/aromatic N) is 2. The van der Waals surface area contributed by atoms with E-state index in [0.717, 1.165) is 21.7 Å². The molecule has 0 fully saturated rings. The van der Waals surface area contributed by atoms with Crippen LogP contribution in [0.3, 0.4) is 0 Å². The van der Waals surface area contributed by atoms with Gasteiger partial charge in [-0.05, 0) is 46.5 Å². The molecule has 0 radical (unpaired) electrons. The number of aromatic hydroxyl groups is 1. The molecular weight excluding hydrogens is 538 g/mol. The summed E-state index contributed by atoms with van der Waals surface area (Å²) in [6, 6.07) is 6.95. The molecule has 208 valence electrons. The van der Waals surface area contributed by atoms with Crippen LogP contribution in [0.15, 0.2) is 29.1 Å². The van der Waals surface area contributed by atoms with Crippen molar-refractivity contribution in [2.75, 3.05) is 6.54 Å². The summed E-state index contributed by atoms with van der Waals surface area (Å²) in [5.41, 5.74) is 5.16. The molecular formula is C28H34ClN3O6Si. The number of cyclic esters (lactones) is 1. The van der Waals surface area contributed by atoms with Crippen LogP contribution >= 0.6 is 0 Å². The van der Waals surface area contributed by atoms with Crippen molar-refractivity contribution in [1.29, 1.82) is 0 Å². The highest BCUT2D eigenvalue weighted by atomic mass is 35.5. The van der Waals surface area contributed by atoms with Gasteiger partial charge in [-0.25, -0.2) is 14.6 Å². The summed E-state index contributed by atoms with van der Waals surface area (Å²) in [5.74, 6) is -1.18. The molecule has 0 aliphatic carbocycles. The molecule has 0 spiro atoms. The zero-order valence-electron chi connectivity index (χ0n) is 23.1. The van der Waals surface area contributed by atoms with Crippen molar-refractivity contribution in [2.24, 2.45) is 0 Å². The molecule has 0 saturated carbocycles. The second-order valence-electron chi connectivity index (χ2n) is 11.7. The molecule has 2 aliphatic rings. The molecule has 1 unspecified atom stereocenters. The number of halogens is 1. The average molecular weight is 572 g/mol. The number of phenols is 1. The minimum Gasteiger partial charge on any atom is -1.00 e. The standard InChI is InChI=1S/C28H33N3O6Si.ClH/c1-7-28(37-22(33)12-29)19-11-21-23-17(13-31(21)25(34)18(19)14-36-26(28)35)24(38(5,6)27(2,3)4)16-10-15(32)8-9-20(16)30-23;/h8-11,32H,7,12-14,29H2,1-6H3;1H. The van der Waals surface area contributed by atoms with Crippen molar-refractivity contribution in [3.05, 3.63) is 51.3 Å². The SMILES string of the molecule is CCC1(OC(=O)C[NH3+])C(=O)OCc2c1cc1n(c2=O)Cc2c-1nc1ccc(O)cc1c2[Si](C)(C)C(C)(C)C.[Cl-]. The number of carbonyl (C=O) groups excluding carboxylic acids is 2. The molecule has 3 aromatic rings. The van der Waals surface area contributed by atoms with Crippen LogP contribution in [0.25, 0.3) is 22.3 Å². The molecule has 1 aromatic carbocycles. The second kappa shape index (κ2) is 9.46. The van der Waals surface area contributed by atoms with Gasteiger partial charge in [0.2, 0.25) is 5.60 Å². The quantitative estimate of drug-likeness (QED) is 0.244. The number of aromatic nitrogens is 2. The molecule has 9 nitrogen and oxygen atoms in total. The Morgan fingerprint density at radius 3 is 2.54 bits per heavy atom. The van der Waals surface area contributed by atoms with Crippen LogP contribution in [0, 0.1) is 0 Å². The molecule has 0 saturated heterocycles. The molecule has 0 bridgehead atoms. The van der Waals surface area contributed by atoms with Gasteiger partial charge in [-0.3, -0.25) is 4.79 Å². The van der Waals surface area contributed by atoms with Crippen LogP contribution in [0.1, 0.15) is 50.8 Å². The average Bonchev–Trinajstić information content (AvgIpc) is 3.21. The Bertz CT molecular complexity index is 1590. The van der Waals surface area contributed by atoms with Gasteiger partial charge in [-0.2, -0.15) is 0 Å². The van der Waals surface area contributed by atoms with Crippen molar-refractivity contribution in [3.63, 3.8) is 0 Å². The van der Waals surface area contributed by atoms with Gasteiger partial charge >= 0.3 is 11.9 Å². The first-order valence-electron chi connectivity index (χ1n) is 12.9. The topological polar surface area (TPSA) is 135 Å². The van der Waals surface area contributed by atoms with Gasteiger partial charge in [0.25, 0.3) is 5.56 Å². The summed E-state index contributed by atoms with van der Waals surface area (Å²) in [6.45, 7) is 13.0. The maximum atomic E-state index is 13.9. The number of rotatable bonds is 4. The van der Waals surface area contributed by atoms with Crippen LogP contribution in [-0.4, -0.2) is 41.2 Å². The lowest BCUT2D eigenvalue weighted by Crippen LogP contribution is -3.00. The number of ether oxygens (including phenoxy) is 2. The summed E-state index contributed by atoms with van der Waals surface area (Å²) < 4.78 is 12.7. The van der Waals surface area contributed by atoms with Gasteiger partial charge in [0.05, 0.1) is 37.1 Å². The number of hydrogen-bond acceptors (Lipinski definition) is 7. The summed E-state index contributed by atoms with van der Waals surface area (Å²) in [7, 11) is -2.21. The molecule has 1 atom stereocenters. The molecule has 0 amide bonds. The molecule has 4 N–H and O–H groups in total. The molecule has 11 heteroatoms. The monoisotopic (exact) mass is 571 g/mol. The smallest absolute Gasteiger partial charge is 0.363 e. The van der Waals surface area contributed by atoms with Gasteiger partial charge in [0.15, 0.2) is 6.54 Å². The van der Waals surface area contributed by atoms with E-state index in [2.05, 4.69) is 39.6 Å². The predicted octanol–water partition coefficient (Wildman–Crippen LogP) is -0.702. The number of phenolic OH excluding ortho intramolecular Hbond substituents is 1. The Hall–Kier alpha value is -3.21. The summed E-state index contributed by atoms with van der Waals surface area (Å²) >= 11 is 0. The Labute approximate surface area is 233 Å². The maximum absolute atomic E-state index is 13.9. The number of fused-ring (bicyclic) bond motifs is 5. The lowest BCUT2D eigenvalue weighted by atomic mass is 9.85. The van der Waals surface area contributed by atoms with Crippen molar-refractivity contribution in [1.82, 2.24) is 9.55 Å². The second-order valence-corrected chi connectivity index (χ2v) is 16.9. The van der Waals surface area contributed by atoms with Gasteiger partial charge in [-0.1, -0.05) is 40.8 Å². The minimum atomic E-state index is -2.21. The number of esters is 2. The maximum Gasteiger partial charge on any atom is 0.363 e. The van der Waals surface area contributed by atoms with Crippen molar-refractivity contribution < 1.29 is 42.3 Å². The summed E-state index contributed by atoms with van der Waals surface area (Å²) in [5, 5.41) is 12.4. The van der Waals surface area contributed by atoms with Crippen molar-refractivity contribution in [2.45, 2.75) is 71.0 Å². The van der Waals surface area contributed by atoms with Crippen LogP contribution < -0.4 is 28.9 Å². The number of carbonyl (C=O) groups is 2. The molecule has 39 heavy (non-hydrogen) atoms. The molecule has 2 aliphatic heterocycles. The van der Waals surface area contributed by atoms with Crippen molar-refractivity contribution in [3.8, 4) is 17.1 Å². The Morgan fingerprint density at radius 1 is 1.23 bits per heavy atom. The summed E-state index contributed by atoms with van der Waals surface area (Å²) in [6.07, 6.45) is 0.111. The van der Waals surface area contributed by atoms with Crippen LogP contribution in [0.4, 0.5) is 0 Å². The number of quaternary nitrogens is 1. The first-order chi connectivity index (χ1) is 17.8. The zero-order chi connectivity index (χ0) is 27.8. The summed E-state index contributed by atoms with van der Waals surface area (Å²) in [4.78, 5) is 44.3. The van der Waals surface area contributed by atoms with Gasteiger partial charge in [-0.15, -0.1) is 0 Å². The highest BCUT2D eigenvalue weighted by molar-refractivity contribution is 6.94. The third-order valence-corrected chi connectivity index (χ3v) is 14.2. The van der Waals surface area contributed by atoms with Crippen LogP contribution in [0.5, 0.6) is 5.75 Å². The molecule has 2 aromatic heterocycles. The third kappa shape index (κ3) is 4.08. The number of hydrogen-bond donors (Lipinski definition) is 2. The van der Waals surface area contributed by atoms with Gasteiger partial charge in [0.1, 0.15) is 12.4 Å². The van der Waals surface area contributed by atoms with E-state index in [4.69, 9.17) is 14.5 Å². The predicted molar refractivity (Wildman–Crippen MR) is 145 cm³/mol. The van der Waals surface area contributed by atoms with Gasteiger partial charge < -0.3 is 37.3 Å². The van der Waals surface area contributed by atoms with E-state index in [0.29, 0.717) is 29.1 Å².